The van der Waals surface area contributed by atoms with Gasteiger partial charge in [0.2, 0.25) is 0 Å². The molecule has 5 nitrogen and oxygen atoms in total. The van der Waals surface area contributed by atoms with Crippen molar-refractivity contribution in [2.75, 3.05) is 20.8 Å². The molecule has 0 radical (unpaired) electrons. The Balaban J connectivity index is 2.18. The van der Waals surface area contributed by atoms with Crippen LogP contribution in [0.4, 0.5) is 0 Å². The average molecular weight is 295 g/mol. The molecule has 1 aromatic heterocycles. The highest BCUT2D eigenvalue weighted by Crippen LogP contribution is 2.22. The van der Waals surface area contributed by atoms with E-state index in [1.165, 1.54) is 14.2 Å². The molecule has 0 spiro atoms. The van der Waals surface area contributed by atoms with Gasteiger partial charge in [0, 0.05) is 19.6 Å². The van der Waals surface area contributed by atoms with Gasteiger partial charge in [0.05, 0.1) is 6.54 Å². The number of pyridine rings is 1. The van der Waals surface area contributed by atoms with Crippen molar-refractivity contribution in [1.82, 2.24) is 10.3 Å². The smallest absolute Gasteiger partial charge is 0.270 e. The molecule has 2 aromatic rings. The van der Waals surface area contributed by atoms with Crippen molar-refractivity contribution in [3.05, 3.63) is 41.2 Å². The Hall–Kier alpha value is -1.69. The fourth-order valence-electron chi connectivity index (χ4n) is 1.80. The number of amides is 1. The molecule has 106 valence electrons. The van der Waals surface area contributed by atoms with Gasteiger partial charge in [0.25, 0.3) is 5.91 Å². The van der Waals surface area contributed by atoms with E-state index in [2.05, 4.69) is 10.3 Å². The van der Waals surface area contributed by atoms with Crippen LogP contribution in [0.3, 0.4) is 0 Å². The quantitative estimate of drug-likeness (QED) is 0.678. The number of nitrogens with one attached hydrogen (secondary N) is 1. The van der Waals surface area contributed by atoms with E-state index in [0.29, 0.717) is 5.15 Å². The monoisotopic (exact) mass is 294 g/mol. The maximum atomic E-state index is 12.0. The number of hydrogen-bond donors (Lipinski definition) is 1. The summed E-state index contributed by atoms with van der Waals surface area (Å²) in [5.74, 6) is -0.322. The number of halogens is 1. The second-order valence-corrected chi connectivity index (χ2v) is 4.49. The van der Waals surface area contributed by atoms with Crippen LogP contribution < -0.4 is 5.32 Å². The number of aromatic nitrogens is 1. The Bertz CT molecular complexity index is 614. The van der Waals surface area contributed by atoms with Crippen molar-refractivity contribution in [1.29, 1.82) is 0 Å². The molecule has 0 aliphatic rings. The van der Waals surface area contributed by atoms with Gasteiger partial charge in [0.1, 0.15) is 10.8 Å². The van der Waals surface area contributed by atoms with E-state index in [1.807, 2.05) is 24.3 Å². The summed E-state index contributed by atoms with van der Waals surface area (Å²) in [6.07, 6.45) is -0.491. The zero-order chi connectivity index (χ0) is 14.5. The number of hydrogen-bond acceptors (Lipinski definition) is 4. The van der Waals surface area contributed by atoms with E-state index in [4.69, 9.17) is 21.1 Å². The number of nitrogens with zero attached hydrogens (tertiary/aromatic N) is 1. The molecule has 0 aliphatic heterocycles. The second-order valence-electron chi connectivity index (χ2n) is 4.13. The average Bonchev–Trinajstić information content (AvgIpc) is 2.48. The minimum Gasteiger partial charge on any atom is -0.354 e. The van der Waals surface area contributed by atoms with Crippen LogP contribution in [0.1, 0.15) is 10.5 Å². The highest BCUT2D eigenvalue weighted by Gasteiger charge is 2.13. The number of carbonyl (C=O) groups excluding carboxylic acids is 1. The first-order chi connectivity index (χ1) is 9.65. The van der Waals surface area contributed by atoms with Crippen molar-refractivity contribution in [2.45, 2.75) is 6.29 Å². The number of fused-ring (bicyclic) bond motifs is 1. The van der Waals surface area contributed by atoms with E-state index < -0.39 is 6.29 Å². The fourth-order valence-corrected chi connectivity index (χ4v) is 2.07. The largest absolute Gasteiger partial charge is 0.354 e. The third kappa shape index (κ3) is 3.25. The first-order valence-corrected chi connectivity index (χ1v) is 6.42. The van der Waals surface area contributed by atoms with E-state index in [9.17, 15) is 4.79 Å². The number of ether oxygens (including phenoxy) is 2. The topological polar surface area (TPSA) is 60.5 Å². The van der Waals surface area contributed by atoms with Crippen LogP contribution in [0.15, 0.2) is 30.3 Å². The van der Waals surface area contributed by atoms with Gasteiger partial charge in [-0.1, -0.05) is 35.9 Å². The third-order valence-corrected chi connectivity index (χ3v) is 3.17. The number of rotatable bonds is 5. The lowest BCUT2D eigenvalue weighted by Gasteiger charge is -2.14. The highest BCUT2D eigenvalue weighted by atomic mass is 35.5. The molecule has 1 heterocycles. The van der Waals surface area contributed by atoms with Crippen LogP contribution in [0.2, 0.25) is 5.15 Å². The van der Waals surface area contributed by atoms with Gasteiger partial charge >= 0.3 is 0 Å². The summed E-state index contributed by atoms with van der Waals surface area (Å²) >= 11 is 6.08. The number of benzene rings is 1. The SMILES string of the molecule is COC(CNC(=O)c1cc2ccccc2c(Cl)n1)OC. The van der Waals surface area contributed by atoms with Crippen LogP contribution in [-0.2, 0) is 9.47 Å². The van der Waals surface area contributed by atoms with Crippen molar-refractivity contribution in [3.63, 3.8) is 0 Å². The van der Waals surface area contributed by atoms with Gasteiger partial charge in [-0.05, 0) is 11.5 Å². The lowest BCUT2D eigenvalue weighted by molar-refractivity contribution is -0.0974. The van der Waals surface area contributed by atoms with E-state index in [0.717, 1.165) is 10.8 Å². The van der Waals surface area contributed by atoms with E-state index >= 15 is 0 Å². The molecule has 20 heavy (non-hydrogen) atoms. The summed E-state index contributed by atoms with van der Waals surface area (Å²) in [7, 11) is 3.01. The van der Waals surface area contributed by atoms with E-state index in [1.54, 1.807) is 6.07 Å². The summed E-state index contributed by atoms with van der Waals surface area (Å²) in [6, 6.07) is 9.19. The lowest BCUT2D eigenvalue weighted by Crippen LogP contribution is -2.34. The molecule has 0 fully saturated rings. The molecule has 0 unspecified atom stereocenters. The van der Waals surface area contributed by atoms with Crippen LogP contribution >= 0.6 is 11.6 Å². The van der Waals surface area contributed by atoms with Crippen LogP contribution in [0.25, 0.3) is 10.8 Å². The van der Waals surface area contributed by atoms with Crippen molar-refractivity contribution in [3.8, 4) is 0 Å². The zero-order valence-electron chi connectivity index (χ0n) is 11.2. The molecule has 0 saturated heterocycles. The minimum absolute atomic E-state index is 0.234. The van der Waals surface area contributed by atoms with Gasteiger partial charge in [-0.15, -0.1) is 0 Å². The molecule has 6 heteroatoms. The molecular formula is C14H15ClN2O3. The van der Waals surface area contributed by atoms with Crippen molar-refractivity contribution < 1.29 is 14.3 Å². The fraction of sp³-hybridized carbons (Fsp3) is 0.286. The molecule has 1 amide bonds. The predicted octanol–water partition coefficient (Wildman–Crippen LogP) is 2.24. The Morgan fingerprint density at radius 2 is 2.05 bits per heavy atom. The zero-order valence-corrected chi connectivity index (χ0v) is 12.0. The number of carbonyl (C=O) groups is 1. The summed E-state index contributed by atoms with van der Waals surface area (Å²) in [5.41, 5.74) is 0.264. The standard InChI is InChI=1S/C14H15ClN2O3/c1-19-12(20-2)8-16-14(18)11-7-9-5-3-4-6-10(9)13(15)17-11/h3-7,12H,8H2,1-2H3,(H,16,18). The molecule has 0 bridgehead atoms. The maximum absolute atomic E-state index is 12.0. The van der Waals surface area contributed by atoms with Gasteiger partial charge in [-0.3, -0.25) is 4.79 Å². The Kier molecular flexibility index (Phi) is 4.89. The molecule has 0 saturated carbocycles. The van der Waals surface area contributed by atoms with Crippen molar-refractivity contribution in [2.24, 2.45) is 0 Å². The van der Waals surface area contributed by atoms with Crippen molar-refractivity contribution >= 4 is 28.3 Å². The summed E-state index contributed by atoms with van der Waals surface area (Å²) in [4.78, 5) is 16.1. The lowest BCUT2D eigenvalue weighted by atomic mass is 10.1. The second kappa shape index (κ2) is 6.65. The van der Waals surface area contributed by atoms with Crippen LogP contribution in [0, 0.1) is 0 Å². The first kappa shape index (κ1) is 14.7. The van der Waals surface area contributed by atoms with Gasteiger partial charge in [-0.25, -0.2) is 4.98 Å². The summed E-state index contributed by atoms with van der Waals surface area (Å²) in [6.45, 7) is 0.234. The van der Waals surface area contributed by atoms with E-state index in [-0.39, 0.29) is 18.1 Å². The third-order valence-electron chi connectivity index (χ3n) is 2.88. The van der Waals surface area contributed by atoms with Gasteiger partial charge in [-0.2, -0.15) is 0 Å². The summed E-state index contributed by atoms with van der Waals surface area (Å²) < 4.78 is 9.99. The van der Waals surface area contributed by atoms with Crippen LogP contribution in [-0.4, -0.2) is 37.9 Å². The molecule has 0 aliphatic carbocycles. The maximum Gasteiger partial charge on any atom is 0.270 e. The molecule has 1 aromatic carbocycles. The Labute approximate surface area is 121 Å². The highest BCUT2D eigenvalue weighted by molar-refractivity contribution is 6.34. The minimum atomic E-state index is -0.491. The van der Waals surface area contributed by atoms with Gasteiger partial charge in [0.15, 0.2) is 6.29 Å². The Morgan fingerprint density at radius 1 is 1.35 bits per heavy atom. The molecule has 2 rings (SSSR count). The van der Waals surface area contributed by atoms with Gasteiger partial charge < -0.3 is 14.8 Å². The molecular weight excluding hydrogens is 280 g/mol. The predicted molar refractivity (Wildman–Crippen MR) is 76.9 cm³/mol. The molecule has 0 atom stereocenters. The van der Waals surface area contributed by atoms with Crippen LogP contribution in [0.5, 0.6) is 0 Å². The normalized spacial score (nSPS) is 11.0. The molecule has 1 N–H and O–H groups in total. The Morgan fingerprint density at radius 3 is 2.75 bits per heavy atom. The summed E-state index contributed by atoms with van der Waals surface area (Å²) in [5, 5.41) is 4.68. The number of methoxy groups -OCH3 is 2. The first-order valence-electron chi connectivity index (χ1n) is 6.04.